The van der Waals surface area contributed by atoms with Crippen molar-refractivity contribution in [2.45, 2.75) is 20.8 Å². The van der Waals surface area contributed by atoms with Crippen LogP contribution >= 0.6 is 0 Å². The molecule has 2 rings (SSSR count). The molecule has 0 saturated heterocycles. The summed E-state index contributed by atoms with van der Waals surface area (Å²) in [6, 6.07) is 9.66. The molecule has 0 aliphatic heterocycles. The van der Waals surface area contributed by atoms with Crippen LogP contribution in [-0.4, -0.2) is 10.1 Å². The Balaban J connectivity index is 2.59. The molecule has 1 aromatic heterocycles. The van der Waals surface area contributed by atoms with Crippen molar-refractivity contribution in [2.75, 3.05) is 0 Å². The number of phenolic OH excluding ortho intramolecular Hbond substituents is 1. The largest absolute Gasteiger partial charge is 0.507 e. The lowest BCUT2D eigenvalue weighted by Crippen LogP contribution is -1.90. The standard InChI is InChI=1S/C14H15NO/c1-9-4-6-13(14(16)8-9)12-7-5-10(2)15-11(12)3/h4-8,16H,1-3H3. The van der Waals surface area contributed by atoms with Crippen LogP contribution in [0.15, 0.2) is 30.3 Å². The minimum atomic E-state index is 0.314. The zero-order valence-corrected chi connectivity index (χ0v) is 9.78. The number of pyridine rings is 1. The minimum Gasteiger partial charge on any atom is -0.507 e. The maximum absolute atomic E-state index is 9.91. The average Bonchev–Trinajstić information content (AvgIpc) is 2.19. The fourth-order valence-corrected chi connectivity index (χ4v) is 1.84. The van der Waals surface area contributed by atoms with E-state index in [2.05, 4.69) is 4.98 Å². The number of phenols is 1. The summed E-state index contributed by atoms with van der Waals surface area (Å²) in [7, 11) is 0. The molecule has 0 fully saturated rings. The molecule has 0 aliphatic carbocycles. The van der Waals surface area contributed by atoms with E-state index in [1.54, 1.807) is 6.07 Å². The Morgan fingerprint density at radius 3 is 2.25 bits per heavy atom. The van der Waals surface area contributed by atoms with E-state index in [1.807, 2.05) is 45.0 Å². The van der Waals surface area contributed by atoms with Gasteiger partial charge < -0.3 is 5.11 Å². The number of hydrogen-bond acceptors (Lipinski definition) is 2. The van der Waals surface area contributed by atoms with Crippen molar-refractivity contribution in [3.05, 3.63) is 47.3 Å². The maximum Gasteiger partial charge on any atom is 0.123 e. The number of rotatable bonds is 1. The summed E-state index contributed by atoms with van der Waals surface area (Å²) in [5.41, 5.74) is 4.82. The topological polar surface area (TPSA) is 33.1 Å². The molecule has 0 radical (unpaired) electrons. The van der Waals surface area contributed by atoms with Crippen LogP contribution in [0.2, 0.25) is 0 Å². The van der Waals surface area contributed by atoms with Gasteiger partial charge in [0.1, 0.15) is 5.75 Å². The van der Waals surface area contributed by atoms with Crippen molar-refractivity contribution < 1.29 is 5.11 Å². The van der Waals surface area contributed by atoms with E-state index >= 15 is 0 Å². The van der Waals surface area contributed by atoms with Gasteiger partial charge in [0.25, 0.3) is 0 Å². The molecule has 16 heavy (non-hydrogen) atoms. The van der Waals surface area contributed by atoms with E-state index in [1.165, 1.54) is 0 Å². The van der Waals surface area contributed by atoms with E-state index < -0.39 is 0 Å². The van der Waals surface area contributed by atoms with Crippen LogP contribution < -0.4 is 0 Å². The minimum absolute atomic E-state index is 0.314. The predicted molar refractivity (Wildman–Crippen MR) is 65.5 cm³/mol. The third-order valence-corrected chi connectivity index (χ3v) is 2.67. The Kier molecular flexibility index (Phi) is 2.65. The molecule has 2 aromatic rings. The first-order chi connectivity index (χ1) is 7.58. The van der Waals surface area contributed by atoms with Crippen molar-refractivity contribution in [1.29, 1.82) is 0 Å². The highest BCUT2D eigenvalue weighted by molar-refractivity contribution is 5.72. The van der Waals surface area contributed by atoms with Gasteiger partial charge in [-0.2, -0.15) is 0 Å². The van der Waals surface area contributed by atoms with E-state index in [-0.39, 0.29) is 0 Å². The first-order valence-corrected chi connectivity index (χ1v) is 5.32. The predicted octanol–water partition coefficient (Wildman–Crippen LogP) is 3.38. The Morgan fingerprint density at radius 1 is 0.938 bits per heavy atom. The Hall–Kier alpha value is -1.83. The zero-order valence-electron chi connectivity index (χ0n) is 9.78. The quantitative estimate of drug-likeness (QED) is 0.787. The summed E-state index contributed by atoms with van der Waals surface area (Å²) < 4.78 is 0. The molecule has 2 nitrogen and oxygen atoms in total. The number of aromatic hydroxyl groups is 1. The van der Waals surface area contributed by atoms with Crippen LogP contribution in [-0.2, 0) is 0 Å². The van der Waals surface area contributed by atoms with Gasteiger partial charge in [-0.3, -0.25) is 4.98 Å². The maximum atomic E-state index is 9.91. The summed E-state index contributed by atoms with van der Waals surface area (Å²) in [4.78, 5) is 4.40. The van der Waals surface area contributed by atoms with Crippen LogP contribution in [0.5, 0.6) is 5.75 Å². The molecule has 0 atom stereocenters. The second-order valence-corrected chi connectivity index (χ2v) is 4.11. The Bertz CT molecular complexity index is 483. The summed E-state index contributed by atoms with van der Waals surface area (Å²) in [6.45, 7) is 5.89. The summed E-state index contributed by atoms with van der Waals surface area (Å²) in [5.74, 6) is 0.314. The van der Waals surface area contributed by atoms with Crippen molar-refractivity contribution in [3.63, 3.8) is 0 Å². The number of aryl methyl sites for hydroxylation is 3. The summed E-state index contributed by atoms with van der Waals surface area (Å²) in [6.07, 6.45) is 0. The van der Waals surface area contributed by atoms with Crippen molar-refractivity contribution in [1.82, 2.24) is 4.98 Å². The van der Waals surface area contributed by atoms with Gasteiger partial charge >= 0.3 is 0 Å². The fraction of sp³-hybridized carbons (Fsp3) is 0.214. The van der Waals surface area contributed by atoms with Gasteiger partial charge in [0.05, 0.1) is 0 Å². The molecule has 0 bridgehead atoms. The van der Waals surface area contributed by atoms with Gasteiger partial charge in [-0.25, -0.2) is 0 Å². The molecular weight excluding hydrogens is 198 g/mol. The lowest BCUT2D eigenvalue weighted by molar-refractivity contribution is 0.477. The Labute approximate surface area is 95.6 Å². The molecule has 82 valence electrons. The molecule has 0 spiro atoms. The molecule has 1 N–H and O–H groups in total. The van der Waals surface area contributed by atoms with Crippen LogP contribution in [0.25, 0.3) is 11.1 Å². The van der Waals surface area contributed by atoms with Crippen LogP contribution in [0.3, 0.4) is 0 Å². The third-order valence-electron chi connectivity index (χ3n) is 2.67. The molecular formula is C14H15NO. The van der Waals surface area contributed by atoms with E-state index in [0.717, 1.165) is 28.1 Å². The van der Waals surface area contributed by atoms with Gasteiger partial charge in [-0.15, -0.1) is 0 Å². The van der Waals surface area contributed by atoms with Crippen molar-refractivity contribution in [3.8, 4) is 16.9 Å². The highest BCUT2D eigenvalue weighted by Crippen LogP contribution is 2.31. The molecule has 0 saturated carbocycles. The van der Waals surface area contributed by atoms with Crippen molar-refractivity contribution in [2.24, 2.45) is 0 Å². The monoisotopic (exact) mass is 213 g/mol. The summed E-state index contributed by atoms with van der Waals surface area (Å²) in [5, 5.41) is 9.91. The SMILES string of the molecule is Cc1ccc(-c2ccc(C)nc2C)c(O)c1. The lowest BCUT2D eigenvalue weighted by atomic mass is 10.0. The summed E-state index contributed by atoms with van der Waals surface area (Å²) >= 11 is 0. The molecule has 1 heterocycles. The van der Waals surface area contributed by atoms with E-state index in [4.69, 9.17) is 0 Å². The highest BCUT2D eigenvalue weighted by Gasteiger charge is 2.07. The zero-order chi connectivity index (χ0) is 11.7. The Morgan fingerprint density at radius 2 is 1.62 bits per heavy atom. The van der Waals surface area contributed by atoms with E-state index in [9.17, 15) is 5.11 Å². The van der Waals surface area contributed by atoms with Crippen LogP contribution in [0, 0.1) is 20.8 Å². The second kappa shape index (κ2) is 3.97. The molecule has 0 amide bonds. The van der Waals surface area contributed by atoms with Gasteiger partial charge in [-0.1, -0.05) is 18.2 Å². The molecule has 0 aliphatic rings. The smallest absolute Gasteiger partial charge is 0.123 e. The first-order valence-electron chi connectivity index (χ1n) is 5.32. The van der Waals surface area contributed by atoms with Gasteiger partial charge in [0.15, 0.2) is 0 Å². The number of aromatic nitrogens is 1. The highest BCUT2D eigenvalue weighted by atomic mass is 16.3. The molecule has 1 aromatic carbocycles. The number of hydrogen-bond donors (Lipinski definition) is 1. The first kappa shape index (κ1) is 10.7. The normalized spacial score (nSPS) is 10.4. The molecule has 2 heteroatoms. The van der Waals surface area contributed by atoms with Crippen LogP contribution in [0.1, 0.15) is 17.0 Å². The second-order valence-electron chi connectivity index (χ2n) is 4.11. The lowest BCUT2D eigenvalue weighted by Gasteiger charge is -2.08. The van der Waals surface area contributed by atoms with Gasteiger partial charge in [-0.05, 0) is 38.5 Å². The number of nitrogens with zero attached hydrogens (tertiary/aromatic N) is 1. The van der Waals surface area contributed by atoms with Crippen LogP contribution in [0.4, 0.5) is 0 Å². The van der Waals surface area contributed by atoms with E-state index in [0.29, 0.717) is 5.75 Å². The van der Waals surface area contributed by atoms with Gasteiger partial charge in [0.2, 0.25) is 0 Å². The van der Waals surface area contributed by atoms with Crippen molar-refractivity contribution >= 4 is 0 Å². The molecule has 0 unspecified atom stereocenters. The number of benzene rings is 1. The fourth-order valence-electron chi connectivity index (χ4n) is 1.84. The average molecular weight is 213 g/mol. The van der Waals surface area contributed by atoms with Gasteiger partial charge in [0, 0.05) is 22.5 Å². The third kappa shape index (κ3) is 1.91.